The maximum atomic E-state index is 12.5. The third-order valence-electron chi connectivity index (χ3n) is 4.81. The normalized spacial score (nSPS) is 10.6. The number of para-hydroxylation sites is 1. The number of amides is 1. The number of benzene rings is 3. The Hall–Kier alpha value is -3.40. The molecule has 0 aliphatic heterocycles. The van der Waals surface area contributed by atoms with Gasteiger partial charge in [-0.25, -0.2) is 0 Å². The third kappa shape index (κ3) is 5.79. The average molecular weight is 387 g/mol. The van der Waals surface area contributed by atoms with Crippen molar-refractivity contribution in [3.63, 3.8) is 0 Å². The van der Waals surface area contributed by atoms with Crippen LogP contribution in [0.5, 0.6) is 0 Å². The molecule has 3 rings (SSSR count). The summed E-state index contributed by atoms with van der Waals surface area (Å²) < 4.78 is 5.27. The number of aryl methyl sites for hydroxylation is 1. The molecule has 1 amide bonds. The molecule has 0 unspecified atom stereocenters. The zero-order valence-electron chi connectivity index (χ0n) is 16.5. The van der Waals surface area contributed by atoms with E-state index in [0.717, 1.165) is 28.8 Å². The van der Waals surface area contributed by atoms with Gasteiger partial charge in [0.1, 0.15) is 0 Å². The first kappa shape index (κ1) is 20.3. The second kappa shape index (κ2) is 10.2. The van der Waals surface area contributed by atoms with Gasteiger partial charge in [0.05, 0.1) is 6.42 Å². The molecule has 0 saturated carbocycles. The van der Waals surface area contributed by atoms with Crippen LogP contribution in [0.3, 0.4) is 0 Å². The molecular weight excluding hydrogens is 362 g/mol. The topological polar surface area (TPSA) is 55.4 Å². The van der Waals surface area contributed by atoms with E-state index in [9.17, 15) is 9.59 Å². The smallest absolute Gasteiger partial charge is 0.307 e. The molecule has 4 nitrogen and oxygen atoms in total. The van der Waals surface area contributed by atoms with E-state index in [1.165, 1.54) is 0 Å². The fourth-order valence-corrected chi connectivity index (χ4v) is 3.31. The molecule has 1 N–H and O–H groups in total. The molecule has 0 heterocycles. The van der Waals surface area contributed by atoms with Crippen LogP contribution >= 0.6 is 0 Å². The largest absolute Gasteiger partial charge is 0.456 e. The first-order valence-electron chi connectivity index (χ1n) is 9.80. The molecule has 0 atom stereocenters. The minimum atomic E-state index is -0.401. The SMILES string of the molecule is CCc1ccccc1NC(=O)COC(=O)CC(c1ccccc1)c1ccccc1. The number of rotatable bonds is 8. The lowest BCUT2D eigenvalue weighted by Gasteiger charge is -2.17. The van der Waals surface area contributed by atoms with Crippen molar-refractivity contribution in [2.24, 2.45) is 0 Å². The highest BCUT2D eigenvalue weighted by Gasteiger charge is 2.19. The van der Waals surface area contributed by atoms with E-state index >= 15 is 0 Å². The number of anilines is 1. The number of carbonyl (C=O) groups excluding carboxylic acids is 2. The Labute approximate surface area is 171 Å². The summed E-state index contributed by atoms with van der Waals surface area (Å²) in [5.74, 6) is -0.856. The summed E-state index contributed by atoms with van der Waals surface area (Å²) in [6.45, 7) is 1.73. The Balaban J connectivity index is 1.61. The van der Waals surface area contributed by atoms with Gasteiger partial charge in [0.25, 0.3) is 5.91 Å². The van der Waals surface area contributed by atoms with E-state index in [1.807, 2.05) is 91.9 Å². The first-order valence-corrected chi connectivity index (χ1v) is 9.80. The van der Waals surface area contributed by atoms with Gasteiger partial charge < -0.3 is 10.1 Å². The van der Waals surface area contributed by atoms with Crippen molar-refractivity contribution in [3.05, 3.63) is 102 Å². The van der Waals surface area contributed by atoms with E-state index in [4.69, 9.17) is 4.74 Å². The predicted octanol–water partition coefficient (Wildman–Crippen LogP) is 4.95. The number of ether oxygens (including phenoxy) is 1. The van der Waals surface area contributed by atoms with Crippen LogP contribution in [-0.2, 0) is 20.7 Å². The van der Waals surface area contributed by atoms with Crippen molar-refractivity contribution < 1.29 is 14.3 Å². The maximum Gasteiger partial charge on any atom is 0.307 e. The molecule has 3 aromatic rings. The highest BCUT2D eigenvalue weighted by molar-refractivity contribution is 5.93. The van der Waals surface area contributed by atoms with Gasteiger partial charge in [-0.3, -0.25) is 9.59 Å². The van der Waals surface area contributed by atoms with Crippen molar-refractivity contribution in [1.29, 1.82) is 0 Å². The van der Waals surface area contributed by atoms with Gasteiger partial charge >= 0.3 is 5.97 Å². The number of hydrogen-bond acceptors (Lipinski definition) is 3. The molecule has 29 heavy (non-hydrogen) atoms. The number of carbonyl (C=O) groups is 2. The van der Waals surface area contributed by atoms with Crippen LogP contribution in [0.1, 0.15) is 36.0 Å². The van der Waals surface area contributed by atoms with Crippen LogP contribution in [0.4, 0.5) is 5.69 Å². The molecule has 3 aromatic carbocycles. The molecule has 0 saturated heterocycles. The summed E-state index contributed by atoms with van der Waals surface area (Å²) in [5.41, 5.74) is 3.87. The predicted molar refractivity (Wildman–Crippen MR) is 115 cm³/mol. The molecule has 0 aliphatic rings. The van der Waals surface area contributed by atoms with Gasteiger partial charge in [-0.05, 0) is 29.2 Å². The molecule has 0 spiro atoms. The van der Waals surface area contributed by atoms with Crippen molar-refractivity contribution >= 4 is 17.6 Å². The summed E-state index contributed by atoms with van der Waals surface area (Å²) >= 11 is 0. The fourth-order valence-electron chi connectivity index (χ4n) is 3.31. The van der Waals surface area contributed by atoms with Crippen LogP contribution in [0, 0.1) is 0 Å². The standard InChI is InChI=1S/C25H25NO3/c1-2-19-11-9-10-16-23(19)26-24(27)18-29-25(28)17-22(20-12-5-3-6-13-20)21-14-7-4-8-15-21/h3-16,22H,2,17-18H2,1H3,(H,26,27). The van der Waals surface area contributed by atoms with E-state index < -0.39 is 5.97 Å². The Bertz CT molecular complexity index is 899. The lowest BCUT2D eigenvalue weighted by Crippen LogP contribution is -2.22. The van der Waals surface area contributed by atoms with Crippen LogP contribution in [0.25, 0.3) is 0 Å². The number of esters is 1. The third-order valence-corrected chi connectivity index (χ3v) is 4.81. The maximum absolute atomic E-state index is 12.5. The van der Waals surface area contributed by atoms with E-state index in [2.05, 4.69) is 5.32 Å². The fraction of sp³-hybridized carbons (Fsp3) is 0.200. The van der Waals surface area contributed by atoms with E-state index in [1.54, 1.807) is 0 Å². The first-order chi connectivity index (χ1) is 14.2. The minimum absolute atomic E-state index is 0.117. The van der Waals surface area contributed by atoms with Crippen LogP contribution < -0.4 is 5.32 Å². The molecule has 0 bridgehead atoms. The summed E-state index contributed by atoms with van der Waals surface area (Å²) in [4.78, 5) is 24.7. The molecule has 4 heteroatoms. The molecule has 0 radical (unpaired) electrons. The van der Waals surface area contributed by atoms with Gasteiger partial charge in [-0.1, -0.05) is 85.8 Å². The lowest BCUT2D eigenvalue weighted by molar-refractivity contribution is -0.147. The zero-order chi connectivity index (χ0) is 20.5. The van der Waals surface area contributed by atoms with Crippen molar-refractivity contribution in [1.82, 2.24) is 0 Å². The quantitative estimate of drug-likeness (QED) is 0.556. The van der Waals surface area contributed by atoms with E-state index in [-0.39, 0.29) is 24.9 Å². The average Bonchev–Trinajstić information content (AvgIpc) is 2.77. The Morgan fingerprint density at radius 3 is 1.97 bits per heavy atom. The lowest BCUT2D eigenvalue weighted by atomic mass is 9.89. The summed E-state index contributed by atoms with van der Waals surface area (Å²) in [5, 5.41) is 2.82. The molecular formula is C25H25NO3. The van der Waals surface area contributed by atoms with Crippen LogP contribution in [0.2, 0.25) is 0 Å². The van der Waals surface area contributed by atoms with Crippen molar-refractivity contribution in [3.8, 4) is 0 Å². The Morgan fingerprint density at radius 2 is 1.38 bits per heavy atom. The summed E-state index contributed by atoms with van der Waals surface area (Å²) in [6, 6.07) is 27.3. The van der Waals surface area contributed by atoms with E-state index in [0.29, 0.717) is 0 Å². The molecule has 0 fully saturated rings. The molecule has 0 aliphatic carbocycles. The monoisotopic (exact) mass is 387 g/mol. The number of nitrogens with one attached hydrogen (secondary N) is 1. The highest BCUT2D eigenvalue weighted by Crippen LogP contribution is 2.28. The second-order valence-electron chi connectivity index (χ2n) is 6.80. The Morgan fingerprint density at radius 1 is 0.828 bits per heavy atom. The van der Waals surface area contributed by atoms with Crippen molar-refractivity contribution in [2.75, 3.05) is 11.9 Å². The number of hydrogen-bond donors (Lipinski definition) is 1. The second-order valence-corrected chi connectivity index (χ2v) is 6.80. The minimum Gasteiger partial charge on any atom is -0.456 e. The summed E-state index contributed by atoms with van der Waals surface area (Å²) in [7, 11) is 0. The summed E-state index contributed by atoms with van der Waals surface area (Å²) in [6.07, 6.45) is 0.985. The van der Waals surface area contributed by atoms with Gasteiger partial charge in [0.2, 0.25) is 0 Å². The van der Waals surface area contributed by atoms with Gasteiger partial charge in [-0.15, -0.1) is 0 Å². The zero-order valence-corrected chi connectivity index (χ0v) is 16.5. The highest BCUT2D eigenvalue weighted by atomic mass is 16.5. The van der Waals surface area contributed by atoms with Gasteiger partial charge in [0, 0.05) is 11.6 Å². The van der Waals surface area contributed by atoms with Crippen LogP contribution in [-0.4, -0.2) is 18.5 Å². The Kier molecular flexibility index (Phi) is 7.17. The molecule has 148 valence electrons. The van der Waals surface area contributed by atoms with Crippen LogP contribution in [0.15, 0.2) is 84.9 Å². The molecule has 0 aromatic heterocycles. The van der Waals surface area contributed by atoms with Gasteiger partial charge in [-0.2, -0.15) is 0 Å². The van der Waals surface area contributed by atoms with Gasteiger partial charge in [0.15, 0.2) is 6.61 Å². The van der Waals surface area contributed by atoms with Crippen molar-refractivity contribution in [2.45, 2.75) is 25.7 Å².